The van der Waals surface area contributed by atoms with Crippen molar-refractivity contribution in [3.05, 3.63) is 12.2 Å². The van der Waals surface area contributed by atoms with Gasteiger partial charge >= 0.3 is 0 Å². The van der Waals surface area contributed by atoms with Crippen LogP contribution in [0.5, 0.6) is 0 Å². The maximum atomic E-state index is 9.80. The van der Waals surface area contributed by atoms with E-state index >= 15 is 0 Å². The van der Waals surface area contributed by atoms with Gasteiger partial charge in [-0.05, 0) is 19.8 Å². The van der Waals surface area contributed by atoms with Crippen LogP contribution >= 0.6 is 0 Å². The zero-order valence-corrected chi connectivity index (χ0v) is 6.95. The molecular weight excluding hydrogens is 140 g/mol. The quantitative estimate of drug-likeness (QED) is 0.560. The van der Waals surface area contributed by atoms with Crippen LogP contribution < -0.4 is 0 Å². The molecule has 2 heteroatoms. The van der Waals surface area contributed by atoms with Gasteiger partial charge in [-0.2, -0.15) is 0 Å². The molecule has 2 atom stereocenters. The summed E-state index contributed by atoms with van der Waals surface area (Å²) < 4.78 is 0. The van der Waals surface area contributed by atoms with E-state index in [-0.39, 0.29) is 0 Å². The minimum Gasteiger partial charge on any atom is -0.390 e. The van der Waals surface area contributed by atoms with Crippen LogP contribution in [-0.4, -0.2) is 21.9 Å². The van der Waals surface area contributed by atoms with Crippen molar-refractivity contribution < 1.29 is 10.2 Å². The molecule has 0 spiro atoms. The number of aliphatic hydroxyl groups excluding tert-OH is 1. The van der Waals surface area contributed by atoms with Crippen LogP contribution in [0.25, 0.3) is 0 Å². The van der Waals surface area contributed by atoms with E-state index in [2.05, 4.69) is 0 Å². The third-order valence-corrected chi connectivity index (χ3v) is 2.34. The van der Waals surface area contributed by atoms with E-state index in [1.54, 1.807) is 12.2 Å². The number of rotatable bonds is 1. The van der Waals surface area contributed by atoms with Crippen LogP contribution in [0.2, 0.25) is 0 Å². The van der Waals surface area contributed by atoms with Gasteiger partial charge in [0.1, 0.15) is 5.60 Å². The van der Waals surface area contributed by atoms with Crippen molar-refractivity contribution in [2.24, 2.45) is 0 Å². The van der Waals surface area contributed by atoms with Crippen molar-refractivity contribution >= 4 is 0 Å². The first-order valence-electron chi connectivity index (χ1n) is 4.23. The highest BCUT2D eigenvalue weighted by molar-refractivity contribution is 5.05. The smallest absolute Gasteiger partial charge is 0.108 e. The Morgan fingerprint density at radius 2 is 2.18 bits per heavy atom. The summed E-state index contributed by atoms with van der Waals surface area (Å²) >= 11 is 0. The van der Waals surface area contributed by atoms with Gasteiger partial charge in [-0.25, -0.2) is 0 Å². The minimum absolute atomic E-state index is 0.563. The fraction of sp³-hybridized carbons (Fsp3) is 0.778. The largest absolute Gasteiger partial charge is 0.390 e. The average Bonchev–Trinajstić information content (AvgIpc) is 1.96. The molecule has 1 unspecified atom stereocenters. The molecule has 0 saturated heterocycles. The number of hydrogen-bond acceptors (Lipinski definition) is 2. The van der Waals surface area contributed by atoms with Crippen LogP contribution in [0.4, 0.5) is 0 Å². The maximum absolute atomic E-state index is 9.80. The Labute approximate surface area is 67.6 Å². The fourth-order valence-corrected chi connectivity index (χ4v) is 1.65. The molecule has 0 bridgehead atoms. The van der Waals surface area contributed by atoms with Crippen LogP contribution in [0, 0.1) is 0 Å². The lowest BCUT2D eigenvalue weighted by Gasteiger charge is -2.34. The lowest BCUT2D eigenvalue weighted by atomic mass is 9.82. The molecule has 1 aliphatic rings. The van der Waals surface area contributed by atoms with Gasteiger partial charge in [0.25, 0.3) is 0 Å². The van der Waals surface area contributed by atoms with E-state index in [4.69, 9.17) is 0 Å². The molecule has 2 N–H and O–H groups in total. The van der Waals surface area contributed by atoms with Crippen molar-refractivity contribution in [1.82, 2.24) is 0 Å². The highest BCUT2D eigenvalue weighted by Crippen LogP contribution is 2.29. The molecule has 0 radical (unpaired) electrons. The Hall–Kier alpha value is -0.340. The first-order chi connectivity index (χ1) is 5.19. The Bertz CT molecular complexity index is 154. The normalized spacial score (nSPS) is 39.7. The molecule has 0 aromatic carbocycles. The van der Waals surface area contributed by atoms with Crippen molar-refractivity contribution in [2.75, 3.05) is 0 Å². The molecule has 0 heterocycles. The van der Waals surface area contributed by atoms with Crippen molar-refractivity contribution in [2.45, 2.75) is 44.3 Å². The van der Waals surface area contributed by atoms with Gasteiger partial charge in [0, 0.05) is 0 Å². The maximum Gasteiger partial charge on any atom is 0.108 e. The first-order valence-corrected chi connectivity index (χ1v) is 4.23. The molecule has 0 aromatic rings. The second-order valence-corrected chi connectivity index (χ2v) is 3.25. The van der Waals surface area contributed by atoms with E-state index in [0.717, 1.165) is 19.3 Å². The Balaban J connectivity index is 2.64. The molecule has 11 heavy (non-hydrogen) atoms. The second kappa shape index (κ2) is 3.37. The summed E-state index contributed by atoms with van der Waals surface area (Å²) in [5, 5.41) is 19.3. The zero-order chi connectivity index (χ0) is 8.32. The van der Waals surface area contributed by atoms with Crippen molar-refractivity contribution in [1.29, 1.82) is 0 Å². The van der Waals surface area contributed by atoms with Gasteiger partial charge in [-0.15, -0.1) is 0 Å². The summed E-state index contributed by atoms with van der Waals surface area (Å²) in [6.45, 7) is 1.86. The summed E-state index contributed by atoms with van der Waals surface area (Å²) in [7, 11) is 0. The Morgan fingerprint density at radius 3 is 2.73 bits per heavy atom. The van der Waals surface area contributed by atoms with Gasteiger partial charge in [-0.3, -0.25) is 0 Å². The molecular formula is C9H16O2. The highest BCUT2D eigenvalue weighted by Gasteiger charge is 2.34. The van der Waals surface area contributed by atoms with Crippen LogP contribution in [0.3, 0.4) is 0 Å². The van der Waals surface area contributed by atoms with E-state index < -0.39 is 11.7 Å². The molecule has 0 aromatic heterocycles. The SMILES string of the molecule is C/C=C/[C@@]1(O)CCCCC1O. The Morgan fingerprint density at radius 1 is 1.45 bits per heavy atom. The fourth-order valence-electron chi connectivity index (χ4n) is 1.65. The van der Waals surface area contributed by atoms with E-state index in [1.165, 1.54) is 0 Å². The molecule has 0 aliphatic heterocycles. The Kier molecular flexibility index (Phi) is 2.68. The predicted molar refractivity (Wildman–Crippen MR) is 44.2 cm³/mol. The summed E-state index contributed by atoms with van der Waals surface area (Å²) in [5.74, 6) is 0. The molecule has 1 fully saturated rings. The third-order valence-electron chi connectivity index (χ3n) is 2.34. The molecule has 0 amide bonds. The number of hydrogen-bond donors (Lipinski definition) is 2. The van der Waals surface area contributed by atoms with E-state index in [0.29, 0.717) is 6.42 Å². The van der Waals surface area contributed by atoms with Crippen LogP contribution in [0.15, 0.2) is 12.2 Å². The van der Waals surface area contributed by atoms with E-state index in [9.17, 15) is 10.2 Å². The molecule has 64 valence electrons. The number of allylic oxidation sites excluding steroid dienone is 1. The standard InChI is InChI=1S/C9H16O2/c1-2-6-9(11)7-4-3-5-8(9)10/h2,6,8,10-11H,3-5,7H2,1H3/b6-2+/t8?,9-/m1/s1. The average molecular weight is 156 g/mol. The van der Waals surface area contributed by atoms with Gasteiger partial charge < -0.3 is 10.2 Å². The molecule has 1 rings (SSSR count). The topological polar surface area (TPSA) is 40.5 Å². The minimum atomic E-state index is -0.937. The summed E-state index contributed by atoms with van der Waals surface area (Å²) in [5.41, 5.74) is -0.937. The lowest BCUT2D eigenvalue weighted by molar-refractivity contribution is -0.0654. The summed E-state index contributed by atoms with van der Waals surface area (Å²) in [6, 6.07) is 0. The van der Waals surface area contributed by atoms with Gasteiger partial charge in [0.2, 0.25) is 0 Å². The molecule has 1 saturated carbocycles. The van der Waals surface area contributed by atoms with Crippen LogP contribution in [-0.2, 0) is 0 Å². The van der Waals surface area contributed by atoms with Crippen molar-refractivity contribution in [3.8, 4) is 0 Å². The zero-order valence-electron chi connectivity index (χ0n) is 6.95. The first kappa shape index (κ1) is 8.75. The van der Waals surface area contributed by atoms with E-state index in [1.807, 2.05) is 6.92 Å². The third kappa shape index (κ3) is 1.82. The van der Waals surface area contributed by atoms with Gasteiger partial charge in [0.15, 0.2) is 0 Å². The monoisotopic (exact) mass is 156 g/mol. The van der Waals surface area contributed by atoms with Crippen molar-refractivity contribution in [3.63, 3.8) is 0 Å². The summed E-state index contributed by atoms with van der Waals surface area (Å²) in [6.07, 6.45) is 6.40. The van der Waals surface area contributed by atoms with Gasteiger partial charge in [0.05, 0.1) is 6.10 Å². The lowest BCUT2D eigenvalue weighted by Crippen LogP contribution is -2.42. The van der Waals surface area contributed by atoms with Gasteiger partial charge in [-0.1, -0.05) is 25.0 Å². The number of aliphatic hydroxyl groups is 2. The summed E-state index contributed by atoms with van der Waals surface area (Å²) in [4.78, 5) is 0. The predicted octanol–water partition coefficient (Wildman–Crippen LogP) is 1.23. The molecule has 1 aliphatic carbocycles. The second-order valence-electron chi connectivity index (χ2n) is 3.25. The van der Waals surface area contributed by atoms with Crippen LogP contribution in [0.1, 0.15) is 32.6 Å². The highest BCUT2D eigenvalue weighted by atomic mass is 16.3. The molecule has 2 nitrogen and oxygen atoms in total.